The van der Waals surface area contributed by atoms with Crippen molar-refractivity contribution in [3.8, 4) is 28.4 Å². The van der Waals surface area contributed by atoms with Crippen molar-refractivity contribution >= 4 is 21.7 Å². The molecule has 4 rings (SSSR count). The minimum absolute atomic E-state index is 0.0390. The summed E-state index contributed by atoms with van der Waals surface area (Å²) in [5, 5.41) is 9.49. The van der Waals surface area contributed by atoms with Gasteiger partial charge in [0.05, 0.1) is 36.8 Å². The van der Waals surface area contributed by atoms with Crippen LogP contribution in [-0.4, -0.2) is 46.4 Å². The molecule has 1 N–H and O–H groups in total. The van der Waals surface area contributed by atoms with E-state index in [2.05, 4.69) is 0 Å². The van der Waals surface area contributed by atoms with Gasteiger partial charge in [0.1, 0.15) is 17.7 Å². The van der Waals surface area contributed by atoms with E-state index in [1.165, 1.54) is 32.4 Å². The maximum atomic E-state index is 15.1. The Morgan fingerprint density at radius 3 is 2.40 bits per heavy atom. The third-order valence-corrected chi connectivity index (χ3v) is 8.58. The van der Waals surface area contributed by atoms with E-state index in [9.17, 15) is 27.1 Å². The van der Waals surface area contributed by atoms with Crippen molar-refractivity contribution in [1.29, 1.82) is 0 Å². The number of nitrogens with zero attached hydrogens (tertiary/aromatic N) is 1. The van der Waals surface area contributed by atoms with Gasteiger partial charge in [0, 0.05) is 17.7 Å². The van der Waals surface area contributed by atoms with Crippen LogP contribution < -0.4 is 18.5 Å². The summed E-state index contributed by atoms with van der Waals surface area (Å²) in [6.07, 6.45) is -0.345. The van der Waals surface area contributed by atoms with Crippen LogP contribution in [0.25, 0.3) is 11.1 Å². The van der Waals surface area contributed by atoms with Gasteiger partial charge in [0.2, 0.25) is 0 Å². The first-order valence-corrected chi connectivity index (χ1v) is 13.7. The molecule has 1 aliphatic rings. The van der Waals surface area contributed by atoms with E-state index in [0.29, 0.717) is 0 Å². The van der Waals surface area contributed by atoms with Crippen LogP contribution in [0.4, 0.5) is 18.9 Å². The van der Waals surface area contributed by atoms with Crippen molar-refractivity contribution < 1.29 is 45.7 Å². The Labute approximate surface area is 230 Å². The number of aliphatic carboxylic acids is 1. The monoisotopic (exact) mass is 579 g/mol. The van der Waals surface area contributed by atoms with Gasteiger partial charge in [-0.2, -0.15) is 0 Å². The molecule has 0 saturated heterocycles. The lowest BCUT2D eigenvalue weighted by Gasteiger charge is -2.36. The van der Waals surface area contributed by atoms with Gasteiger partial charge in [0.25, 0.3) is 10.0 Å². The minimum Gasteiger partial charge on any atom is -0.494 e. The zero-order chi connectivity index (χ0) is 29.4. The Morgan fingerprint density at radius 2 is 1.75 bits per heavy atom. The van der Waals surface area contributed by atoms with E-state index in [-0.39, 0.29) is 58.3 Å². The maximum absolute atomic E-state index is 15.1. The largest absolute Gasteiger partial charge is 0.494 e. The van der Waals surface area contributed by atoms with Gasteiger partial charge in [-0.05, 0) is 62.6 Å². The number of ether oxygens (including phenoxy) is 3. The summed E-state index contributed by atoms with van der Waals surface area (Å²) >= 11 is 0. The number of benzene rings is 3. The van der Waals surface area contributed by atoms with E-state index >= 15 is 4.39 Å². The van der Waals surface area contributed by atoms with E-state index in [4.69, 9.17) is 14.2 Å². The van der Waals surface area contributed by atoms with Crippen LogP contribution in [0, 0.1) is 22.9 Å². The number of hydrogen-bond donors (Lipinski definition) is 1. The second-order valence-corrected chi connectivity index (χ2v) is 11.8. The fraction of sp³-hybridized carbons (Fsp3) is 0.321. The lowest BCUT2D eigenvalue weighted by Crippen LogP contribution is -2.44. The smallest absolute Gasteiger partial charge is 0.309 e. The molecule has 1 atom stereocenters. The summed E-state index contributed by atoms with van der Waals surface area (Å²) in [6.45, 7) is 2.89. The van der Waals surface area contributed by atoms with Crippen LogP contribution in [0.1, 0.15) is 26.7 Å². The Hall–Kier alpha value is -3.93. The van der Waals surface area contributed by atoms with Crippen LogP contribution in [0.3, 0.4) is 0 Å². The Morgan fingerprint density at radius 1 is 1.05 bits per heavy atom. The zero-order valence-corrected chi connectivity index (χ0v) is 23.0. The third-order valence-electron chi connectivity index (χ3n) is 6.81. The second-order valence-electron chi connectivity index (χ2n) is 9.95. The third kappa shape index (κ3) is 5.53. The van der Waals surface area contributed by atoms with Crippen LogP contribution in [0.15, 0.2) is 53.4 Å². The number of carboxylic acids is 1. The molecule has 0 aromatic heterocycles. The van der Waals surface area contributed by atoms with Crippen molar-refractivity contribution in [3.05, 3.63) is 66.0 Å². The number of carbonyl (C=O) groups is 1. The highest BCUT2D eigenvalue weighted by Gasteiger charge is 2.37. The molecule has 0 saturated carbocycles. The summed E-state index contributed by atoms with van der Waals surface area (Å²) in [7, 11) is -1.96. The fourth-order valence-corrected chi connectivity index (χ4v) is 5.85. The van der Waals surface area contributed by atoms with Gasteiger partial charge in [-0.25, -0.2) is 21.6 Å². The van der Waals surface area contributed by atoms with Crippen molar-refractivity contribution in [2.45, 2.75) is 37.7 Å². The summed E-state index contributed by atoms with van der Waals surface area (Å²) in [6, 6.07) is 9.18. The first kappa shape index (κ1) is 29.1. The van der Waals surface area contributed by atoms with E-state index in [1.54, 1.807) is 13.8 Å². The molecule has 0 bridgehead atoms. The maximum Gasteiger partial charge on any atom is 0.309 e. The minimum atomic E-state index is -4.36. The molecule has 0 aliphatic carbocycles. The molecule has 3 aromatic carbocycles. The van der Waals surface area contributed by atoms with E-state index < -0.39 is 45.0 Å². The number of rotatable bonds is 9. The van der Waals surface area contributed by atoms with Crippen LogP contribution in [-0.2, 0) is 14.8 Å². The molecule has 40 heavy (non-hydrogen) atoms. The number of carboxylic acid groups (broad SMARTS) is 1. The molecule has 0 spiro atoms. The first-order valence-electron chi connectivity index (χ1n) is 12.2. The van der Waals surface area contributed by atoms with E-state index in [1.807, 2.05) is 0 Å². The number of anilines is 1. The van der Waals surface area contributed by atoms with Crippen molar-refractivity contribution in [2.24, 2.45) is 5.41 Å². The summed E-state index contributed by atoms with van der Waals surface area (Å²) in [5.41, 5.74) is -1.06. The van der Waals surface area contributed by atoms with Crippen LogP contribution >= 0.6 is 0 Å². The molecule has 0 radical (unpaired) electrons. The zero-order valence-electron chi connectivity index (χ0n) is 22.2. The molecule has 1 heterocycles. The van der Waals surface area contributed by atoms with Crippen LogP contribution in [0.5, 0.6) is 17.2 Å². The average molecular weight is 580 g/mol. The van der Waals surface area contributed by atoms with Crippen LogP contribution in [0.2, 0.25) is 0 Å². The molecule has 0 unspecified atom stereocenters. The van der Waals surface area contributed by atoms with E-state index in [0.717, 1.165) is 34.6 Å². The quantitative estimate of drug-likeness (QED) is 0.350. The number of fused-ring (bicyclic) bond motifs is 1. The highest BCUT2D eigenvalue weighted by molar-refractivity contribution is 7.92. The van der Waals surface area contributed by atoms with Gasteiger partial charge in [-0.3, -0.25) is 9.10 Å². The van der Waals surface area contributed by atoms with Crippen molar-refractivity contribution in [2.75, 3.05) is 25.1 Å². The number of sulfonamides is 1. The standard InChI is InChI=1S/C28H28F3NO7S/c1-28(2,27(33)34)10-9-18-15-32(40(35,36)19-6-7-21(30)24(14-19)37-3)22-11-16(5-8-23(22)39-18)20-12-17(29)13-25(38-4)26(20)31/h5-8,11-14,18H,9-10,15H2,1-4H3,(H,33,34)/t18-/m0/s1. The molecule has 12 heteroatoms. The number of methoxy groups -OCH3 is 2. The topological polar surface area (TPSA) is 102 Å². The summed E-state index contributed by atoms with van der Waals surface area (Å²) in [5.74, 6) is -3.84. The molecular formula is C28H28F3NO7S. The van der Waals surface area contributed by atoms with Gasteiger partial charge in [-0.1, -0.05) is 6.07 Å². The van der Waals surface area contributed by atoms with Crippen molar-refractivity contribution in [3.63, 3.8) is 0 Å². The SMILES string of the molecule is COc1cc(S(=O)(=O)N2C[C@H](CCC(C)(C)C(=O)O)Oc3ccc(-c4cc(F)cc(OC)c4F)cc32)ccc1F. The van der Waals surface area contributed by atoms with Gasteiger partial charge in [0.15, 0.2) is 23.1 Å². The Kier molecular flexibility index (Phi) is 7.93. The molecule has 0 amide bonds. The predicted molar refractivity (Wildman–Crippen MR) is 141 cm³/mol. The highest BCUT2D eigenvalue weighted by Crippen LogP contribution is 2.42. The molecule has 0 fully saturated rings. The lowest BCUT2D eigenvalue weighted by molar-refractivity contribution is -0.147. The Balaban J connectivity index is 1.83. The number of halogens is 3. The second kappa shape index (κ2) is 10.9. The predicted octanol–water partition coefficient (Wildman–Crippen LogP) is 5.64. The number of hydrogen-bond acceptors (Lipinski definition) is 6. The fourth-order valence-electron chi connectivity index (χ4n) is 4.34. The van der Waals surface area contributed by atoms with Crippen molar-refractivity contribution in [1.82, 2.24) is 0 Å². The molecule has 214 valence electrons. The van der Waals surface area contributed by atoms with Gasteiger partial charge in [-0.15, -0.1) is 0 Å². The average Bonchev–Trinajstić information content (AvgIpc) is 2.92. The molecule has 3 aromatic rings. The highest BCUT2D eigenvalue weighted by atomic mass is 32.2. The Bertz CT molecular complexity index is 1560. The van der Waals surface area contributed by atoms with Gasteiger partial charge < -0.3 is 19.3 Å². The molecular weight excluding hydrogens is 551 g/mol. The summed E-state index contributed by atoms with van der Waals surface area (Å²) in [4.78, 5) is 11.3. The summed E-state index contributed by atoms with van der Waals surface area (Å²) < 4.78 is 88.1. The lowest BCUT2D eigenvalue weighted by atomic mass is 9.86. The normalized spacial score (nSPS) is 15.3. The first-order chi connectivity index (χ1) is 18.8. The molecule has 1 aliphatic heterocycles. The van der Waals surface area contributed by atoms with Gasteiger partial charge >= 0.3 is 5.97 Å². The molecule has 8 nitrogen and oxygen atoms in total.